The van der Waals surface area contributed by atoms with E-state index in [0.717, 1.165) is 5.56 Å². The van der Waals surface area contributed by atoms with Gasteiger partial charge in [-0.05, 0) is 6.07 Å². The fourth-order valence-electron chi connectivity index (χ4n) is 3.36. The molecular formula is C22H17NO5. The van der Waals surface area contributed by atoms with Crippen LogP contribution in [-0.4, -0.2) is 37.9 Å². The largest absolute Gasteiger partial charge is 0.497 e. The normalized spacial score (nSPS) is 12.2. The summed E-state index contributed by atoms with van der Waals surface area (Å²) in [5.74, 6) is 0.248. The van der Waals surface area contributed by atoms with Gasteiger partial charge in [-0.15, -0.1) is 0 Å². The molecule has 6 heteroatoms. The van der Waals surface area contributed by atoms with E-state index in [0.29, 0.717) is 17.2 Å². The van der Waals surface area contributed by atoms with Gasteiger partial charge in [-0.3, -0.25) is 9.59 Å². The highest BCUT2D eigenvalue weighted by atomic mass is 16.5. The van der Waals surface area contributed by atoms with Crippen LogP contribution in [0.15, 0.2) is 48.5 Å². The number of nitrogens with zero attached hydrogens (tertiary/aromatic N) is 1. The number of fused-ring (bicyclic) bond motifs is 2. The molecule has 0 saturated heterocycles. The zero-order chi connectivity index (χ0) is 19.8. The summed E-state index contributed by atoms with van der Waals surface area (Å²) in [5, 5.41) is 0. The number of carbonyl (C=O) groups is 2. The number of pyridine rings is 1. The first-order valence-corrected chi connectivity index (χ1v) is 8.59. The topological polar surface area (TPSA) is 74.7 Å². The van der Waals surface area contributed by atoms with E-state index in [9.17, 15) is 9.59 Å². The summed E-state index contributed by atoms with van der Waals surface area (Å²) in [4.78, 5) is 31.0. The number of hydrogen-bond acceptors (Lipinski definition) is 6. The summed E-state index contributed by atoms with van der Waals surface area (Å²) in [6.45, 7) is 0. The number of aromatic nitrogens is 1. The third-order valence-corrected chi connectivity index (χ3v) is 4.72. The van der Waals surface area contributed by atoms with Gasteiger partial charge in [0, 0.05) is 23.3 Å². The highest BCUT2D eigenvalue weighted by Crippen LogP contribution is 2.40. The molecule has 4 rings (SSSR count). The Hall–Kier alpha value is -3.67. The Balaban J connectivity index is 1.99. The van der Waals surface area contributed by atoms with Crippen molar-refractivity contribution in [2.24, 2.45) is 0 Å². The quantitative estimate of drug-likeness (QED) is 0.543. The first-order valence-electron chi connectivity index (χ1n) is 8.59. The van der Waals surface area contributed by atoms with Crippen molar-refractivity contribution in [1.82, 2.24) is 4.98 Å². The molecule has 1 aliphatic carbocycles. The van der Waals surface area contributed by atoms with Gasteiger partial charge in [-0.1, -0.05) is 30.3 Å². The van der Waals surface area contributed by atoms with Crippen LogP contribution in [0.2, 0.25) is 0 Å². The lowest BCUT2D eigenvalue weighted by molar-refractivity contribution is 0.0970. The molecule has 1 aromatic heterocycles. The van der Waals surface area contributed by atoms with E-state index in [1.807, 2.05) is 30.3 Å². The lowest BCUT2D eigenvalue weighted by atomic mass is 9.85. The van der Waals surface area contributed by atoms with Crippen LogP contribution < -0.4 is 14.2 Å². The second-order valence-corrected chi connectivity index (χ2v) is 6.21. The number of benzene rings is 2. The van der Waals surface area contributed by atoms with E-state index < -0.39 is 0 Å². The maximum Gasteiger partial charge on any atom is 0.216 e. The SMILES string of the molecule is COc1cc(OC)c2c(c1)C(=O)c1c(OC)cc(-c3ccccc3)nc1C2=O. The van der Waals surface area contributed by atoms with Crippen LogP contribution in [0, 0.1) is 0 Å². The van der Waals surface area contributed by atoms with E-state index >= 15 is 0 Å². The van der Waals surface area contributed by atoms with Crippen molar-refractivity contribution in [2.45, 2.75) is 0 Å². The molecule has 0 bridgehead atoms. The highest BCUT2D eigenvalue weighted by molar-refractivity contribution is 6.29. The van der Waals surface area contributed by atoms with E-state index in [-0.39, 0.29) is 39.7 Å². The average Bonchev–Trinajstić information content (AvgIpc) is 2.76. The predicted molar refractivity (Wildman–Crippen MR) is 103 cm³/mol. The molecule has 6 nitrogen and oxygen atoms in total. The molecule has 140 valence electrons. The lowest BCUT2D eigenvalue weighted by Gasteiger charge is -2.22. The first kappa shape index (κ1) is 17.7. The Morgan fingerprint density at radius 1 is 0.750 bits per heavy atom. The van der Waals surface area contributed by atoms with Crippen LogP contribution in [0.5, 0.6) is 17.2 Å². The van der Waals surface area contributed by atoms with Crippen molar-refractivity contribution in [2.75, 3.05) is 21.3 Å². The standard InChI is InChI=1S/C22H17NO5/c1-26-13-9-14-18(16(10-13)27-2)22(25)20-19(21(14)24)17(28-3)11-15(23-20)12-7-5-4-6-8-12/h4-11H,1-3H3. The molecule has 0 aliphatic heterocycles. The summed E-state index contributed by atoms with van der Waals surface area (Å²) < 4.78 is 16.0. The molecule has 0 saturated carbocycles. The Kier molecular flexibility index (Phi) is 4.31. The Morgan fingerprint density at radius 2 is 1.43 bits per heavy atom. The van der Waals surface area contributed by atoms with Gasteiger partial charge in [-0.25, -0.2) is 4.98 Å². The van der Waals surface area contributed by atoms with Gasteiger partial charge in [-0.2, -0.15) is 0 Å². The van der Waals surface area contributed by atoms with Crippen LogP contribution in [0.25, 0.3) is 11.3 Å². The fraction of sp³-hybridized carbons (Fsp3) is 0.136. The Bertz CT molecular complexity index is 1110. The second kappa shape index (κ2) is 6.81. The third kappa shape index (κ3) is 2.62. The molecule has 0 atom stereocenters. The first-order chi connectivity index (χ1) is 13.6. The van der Waals surface area contributed by atoms with Crippen LogP contribution in [0.4, 0.5) is 0 Å². The number of rotatable bonds is 4. The van der Waals surface area contributed by atoms with Gasteiger partial charge in [0.15, 0.2) is 5.78 Å². The zero-order valence-electron chi connectivity index (χ0n) is 15.6. The molecule has 0 radical (unpaired) electrons. The minimum atomic E-state index is -0.389. The van der Waals surface area contributed by atoms with Gasteiger partial charge in [0.25, 0.3) is 0 Å². The molecule has 0 spiro atoms. The monoisotopic (exact) mass is 375 g/mol. The molecule has 0 N–H and O–H groups in total. The van der Waals surface area contributed by atoms with Crippen LogP contribution in [0.1, 0.15) is 32.0 Å². The fourth-order valence-corrected chi connectivity index (χ4v) is 3.36. The minimum Gasteiger partial charge on any atom is -0.497 e. The molecule has 0 fully saturated rings. The maximum absolute atomic E-state index is 13.3. The molecule has 1 heterocycles. The smallest absolute Gasteiger partial charge is 0.216 e. The second-order valence-electron chi connectivity index (χ2n) is 6.21. The van der Waals surface area contributed by atoms with Crippen molar-refractivity contribution in [3.05, 3.63) is 70.9 Å². The number of ketones is 2. The van der Waals surface area contributed by atoms with E-state index in [4.69, 9.17) is 14.2 Å². The zero-order valence-corrected chi connectivity index (χ0v) is 15.6. The maximum atomic E-state index is 13.3. The number of hydrogen-bond donors (Lipinski definition) is 0. The summed E-state index contributed by atoms with van der Waals surface area (Å²) in [5.41, 5.74) is 1.96. The predicted octanol–water partition coefficient (Wildman–Crippen LogP) is 3.55. The lowest BCUT2D eigenvalue weighted by Crippen LogP contribution is -2.24. The van der Waals surface area contributed by atoms with E-state index in [1.54, 1.807) is 12.1 Å². The van der Waals surface area contributed by atoms with Gasteiger partial charge in [0.1, 0.15) is 22.9 Å². The van der Waals surface area contributed by atoms with E-state index in [1.165, 1.54) is 27.4 Å². The number of ether oxygens (including phenoxy) is 3. The molecular weight excluding hydrogens is 358 g/mol. The van der Waals surface area contributed by atoms with Crippen LogP contribution in [0.3, 0.4) is 0 Å². The van der Waals surface area contributed by atoms with Crippen molar-refractivity contribution in [3.8, 4) is 28.5 Å². The van der Waals surface area contributed by atoms with Crippen molar-refractivity contribution < 1.29 is 23.8 Å². The molecule has 0 amide bonds. The third-order valence-electron chi connectivity index (χ3n) is 4.72. The van der Waals surface area contributed by atoms with Crippen molar-refractivity contribution >= 4 is 11.6 Å². The summed E-state index contributed by atoms with van der Waals surface area (Å²) in [6, 6.07) is 14.2. The van der Waals surface area contributed by atoms with Gasteiger partial charge in [0.2, 0.25) is 5.78 Å². The molecule has 28 heavy (non-hydrogen) atoms. The van der Waals surface area contributed by atoms with Gasteiger partial charge in [0.05, 0.1) is 38.2 Å². The van der Waals surface area contributed by atoms with Crippen LogP contribution >= 0.6 is 0 Å². The van der Waals surface area contributed by atoms with Crippen LogP contribution in [-0.2, 0) is 0 Å². The van der Waals surface area contributed by atoms with Gasteiger partial charge < -0.3 is 14.2 Å². The number of methoxy groups -OCH3 is 3. The summed E-state index contributed by atoms with van der Waals surface area (Å²) in [6.07, 6.45) is 0. The Labute approximate surface area is 161 Å². The molecule has 1 aliphatic rings. The molecule has 0 unspecified atom stereocenters. The van der Waals surface area contributed by atoms with Gasteiger partial charge >= 0.3 is 0 Å². The summed E-state index contributed by atoms with van der Waals surface area (Å²) in [7, 11) is 4.39. The van der Waals surface area contributed by atoms with Crippen molar-refractivity contribution in [1.29, 1.82) is 0 Å². The average molecular weight is 375 g/mol. The van der Waals surface area contributed by atoms with E-state index in [2.05, 4.69) is 4.98 Å². The molecule has 2 aromatic carbocycles. The Morgan fingerprint density at radius 3 is 2.07 bits per heavy atom. The summed E-state index contributed by atoms with van der Waals surface area (Å²) >= 11 is 0. The number of carbonyl (C=O) groups excluding carboxylic acids is 2. The molecule has 3 aromatic rings. The highest BCUT2D eigenvalue weighted by Gasteiger charge is 2.37. The van der Waals surface area contributed by atoms with Crippen molar-refractivity contribution in [3.63, 3.8) is 0 Å². The minimum absolute atomic E-state index is 0.0548.